The Hall–Kier alpha value is -1.61. The lowest BCUT2D eigenvalue weighted by molar-refractivity contribution is 0.0925. The Morgan fingerprint density at radius 3 is 2.35 bits per heavy atom. The third-order valence-corrected chi connectivity index (χ3v) is 3.69. The molecule has 1 atom stereocenters. The Morgan fingerprint density at radius 1 is 1.05 bits per heavy atom. The van der Waals surface area contributed by atoms with Crippen molar-refractivity contribution in [1.82, 2.24) is 5.32 Å². The lowest BCUT2D eigenvalue weighted by Crippen LogP contribution is -2.31. The van der Waals surface area contributed by atoms with Crippen LogP contribution in [0.25, 0.3) is 0 Å². The largest absolute Gasteiger partial charge is 0.345 e. The molecule has 2 aromatic carbocycles. The summed E-state index contributed by atoms with van der Waals surface area (Å²) in [6, 6.07) is 17.5. The molecule has 1 unspecified atom stereocenters. The molecule has 104 valence electrons. The summed E-state index contributed by atoms with van der Waals surface area (Å²) in [5.41, 5.74) is 1.80. The van der Waals surface area contributed by atoms with E-state index in [-0.39, 0.29) is 11.9 Å². The molecule has 0 spiro atoms. The molecule has 0 aliphatic rings. The van der Waals surface area contributed by atoms with Gasteiger partial charge >= 0.3 is 0 Å². The van der Waals surface area contributed by atoms with E-state index in [9.17, 15) is 4.79 Å². The van der Waals surface area contributed by atoms with Gasteiger partial charge in [-0.2, -0.15) is 0 Å². The van der Waals surface area contributed by atoms with E-state index in [2.05, 4.69) is 35.1 Å². The van der Waals surface area contributed by atoms with E-state index in [0.717, 1.165) is 10.0 Å². The molecular weight excluding hydrogens is 314 g/mol. The molecule has 2 aromatic rings. The van der Waals surface area contributed by atoms with Gasteiger partial charge in [-0.3, -0.25) is 4.79 Å². The lowest BCUT2D eigenvalue weighted by Gasteiger charge is -2.23. The van der Waals surface area contributed by atoms with Crippen LogP contribution in [0, 0.1) is 5.92 Å². The number of nitrogens with one attached hydrogen (secondary N) is 1. The zero-order chi connectivity index (χ0) is 14.5. The molecule has 0 radical (unpaired) electrons. The highest BCUT2D eigenvalue weighted by molar-refractivity contribution is 9.10. The Balaban J connectivity index is 2.19. The minimum absolute atomic E-state index is 0.0164. The van der Waals surface area contributed by atoms with E-state index in [4.69, 9.17) is 0 Å². The highest BCUT2D eigenvalue weighted by Gasteiger charge is 2.18. The van der Waals surface area contributed by atoms with Crippen LogP contribution in [0.1, 0.15) is 35.8 Å². The van der Waals surface area contributed by atoms with Gasteiger partial charge in [0.25, 0.3) is 5.91 Å². The summed E-state index contributed by atoms with van der Waals surface area (Å²) in [6.45, 7) is 4.22. The van der Waals surface area contributed by atoms with Crippen LogP contribution in [0.3, 0.4) is 0 Å². The van der Waals surface area contributed by atoms with Crippen LogP contribution in [0.2, 0.25) is 0 Å². The van der Waals surface area contributed by atoms with Gasteiger partial charge in [0.1, 0.15) is 0 Å². The zero-order valence-electron chi connectivity index (χ0n) is 11.6. The van der Waals surface area contributed by atoms with Gasteiger partial charge in [0, 0.05) is 10.0 Å². The Morgan fingerprint density at radius 2 is 1.75 bits per heavy atom. The Kier molecular flexibility index (Phi) is 4.96. The summed E-state index contributed by atoms with van der Waals surface area (Å²) >= 11 is 3.39. The van der Waals surface area contributed by atoms with Crippen molar-refractivity contribution in [2.24, 2.45) is 5.92 Å². The van der Waals surface area contributed by atoms with E-state index in [1.807, 2.05) is 54.6 Å². The average molecular weight is 332 g/mol. The van der Waals surface area contributed by atoms with E-state index in [1.165, 1.54) is 0 Å². The van der Waals surface area contributed by atoms with Gasteiger partial charge in [-0.05, 0) is 29.7 Å². The van der Waals surface area contributed by atoms with E-state index in [0.29, 0.717) is 11.5 Å². The molecule has 2 nitrogen and oxygen atoms in total. The van der Waals surface area contributed by atoms with Crippen molar-refractivity contribution in [3.63, 3.8) is 0 Å². The topological polar surface area (TPSA) is 29.1 Å². The zero-order valence-corrected chi connectivity index (χ0v) is 13.2. The second-order valence-electron chi connectivity index (χ2n) is 5.12. The van der Waals surface area contributed by atoms with Crippen LogP contribution in [-0.2, 0) is 0 Å². The van der Waals surface area contributed by atoms with Crippen molar-refractivity contribution >= 4 is 21.8 Å². The van der Waals surface area contributed by atoms with Crippen molar-refractivity contribution in [1.29, 1.82) is 0 Å². The molecule has 20 heavy (non-hydrogen) atoms. The molecule has 0 heterocycles. The quantitative estimate of drug-likeness (QED) is 0.873. The molecule has 0 bridgehead atoms. The summed E-state index contributed by atoms with van der Waals surface area (Å²) in [5, 5.41) is 3.12. The molecule has 0 saturated heterocycles. The fraction of sp³-hybridized carbons (Fsp3) is 0.235. The first-order valence-electron chi connectivity index (χ1n) is 6.69. The first-order valence-corrected chi connectivity index (χ1v) is 7.48. The lowest BCUT2D eigenvalue weighted by atomic mass is 9.95. The SMILES string of the molecule is CC(C)C(NC(=O)c1cccc(Br)c1)c1ccccc1. The third kappa shape index (κ3) is 3.70. The van der Waals surface area contributed by atoms with Crippen LogP contribution < -0.4 is 5.32 Å². The molecule has 1 N–H and O–H groups in total. The van der Waals surface area contributed by atoms with Crippen molar-refractivity contribution < 1.29 is 4.79 Å². The Bertz CT molecular complexity index is 581. The molecule has 0 fully saturated rings. The van der Waals surface area contributed by atoms with Crippen molar-refractivity contribution in [2.45, 2.75) is 19.9 Å². The van der Waals surface area contributed by atoms with E-state index >= 15 is 0 Å². The number of hydrogen-bond acceptors (Lipinski definition) is 1. The fourth-order valence-electron chi connectivity index (χ4n) is 2.15. The maximum atomic E-state index is 12.4. The fourth-order valence-corrected chi connectivity index (χ4v) is 2.55. The van der Waals surface area contributed by atoms with Gasteiger partial charge in [-0.15, -0.1) is 0 Å². The molecule has 0 aliphatic carbocycles. The summed E-state index contributed by atoms with van der Waals surface area (Å²) < 4.78 is 0.908. The van der Waals surface area contributed by atoms with Crippen LogP contribution in [0.4, 0.5) is 0 Å². The smallest absolute Gasteiger partial charge is 0.251 e. The first-order chi connectivity index (χ1) is 9.58. The number of amides is 1. The summed E-state index contributed by atoms with van der Waals surface area (Å²) in [5.74, 6) is 0.280. The third-order valence-electron chi connectivity index (χ3n) is 3.20. The van der Waals surface area contributed by atoms with Gasteiger partial charge in [0.15, 0.2) is 0 Å². The second kappa shape index (κ2) is 6.71. The predicted molar refractivity (Wildman–Crippen MR) is 85.6 cm³/mol. The number of halogens is 1. The van der Waals surface area contributed by atoms with E-state index in [1.54, 1.807) is 0 Å². The van der Waals surface area contributed by atoms with Crippen molar-refractivity contribution in [2.75, 3.05) is 0 Å². The van der Waals surface area contributed by atoms with Crippen LogP contribution in [0.5, 0.6) is 0 Å². The van der Waals surface area contributed by atoms with Gasteiger partial charge in [-0.1, -0.05) is 66.2 Å². The molecule has 2 rings (SSSR count). The van der Waals surface area contributed by atoms with Crippen molar-refractivity contribution in [3.8, 4) is 0 Å². The number of rotatable bonds is 4. The molecule has 0 aromatic heterocycles. The summed E-state index contributed by atoms with van der Waals surface area (Å²) in [6.07, 6.45) is 0. The van der Waals surface area contributed by atoms with Crippen LogP contribution in [0.15, 0.2) is 59.1 Å². The van der Waals surface area contributed by atoms with Gasteiger partial charge < -0.3 is 5.32 Å². The summed E-state index contributed by atoms with van der Waals surface area (Å²) in [4.78, 5) is 12.4. The Labute approximate surface area is 128 Å². The number of carbonyl (C=O) groups excluding carboxylic acids is 1. The molecule has 1 amide bonds. The maximum Gasteiger partial charge on any atom is 0.251 e. The minimum atomic E-state index is -0.0474. The molecule has 0 saturated carbocycles. The highest BCUT2D eigenvalue weighted by Crippen LogP contribution is 2.22. The first kappa shape index (κ1) is 14.8. The second-order valence-corrected chi connectivity index (χ2v) is 6.03. The van der Waals surface area contributed by atoms with Crippen LogP contribution >= 0.6 is 15.9 Å². The van der Waals surface area contributed by atoms with E-state index < -0.39 is 0 Å². The standard InChI is InChI=1S/C17H18BrNO/c1-12(2)16(13-7-4-3-5-8-13)19-17(20)14-9-6-10-15(18)11-14/h3-12,16H,1-2H3,(H,19,20). The predicted octanol–water partition coefficient (Wildman–Crippen LogP) is 4.58. The maximum absolute atomic E-state index is 12.4. The molecular formula is C17H18BrNO. The number of carbonyl (C=O) groups is 1. The van der Waals surface area contributed by atoms with Gasteiger partial charge in [0.05, 0.1) is 6.04 Å². The van der Waals surface area contributed by atoms with Crippen LogP contribution in [-0.4, -0.2) is 5.91 Å². The number of benzene rings is 2. The summed E-state index contributed by atoms with van der Waals surface area (Å²) in [7, 11) is 0. The van der Waals surface area contributed by atoms with Gasteiger partial charge in [0.2, 0.25) is 0 Å². The average Bonchev–Trinajstić information content (AvgIpc) is 2.45. The normalized spacial score (nSPS) is 12.2. The highest BCUT2D eigenvalue weighted by atomic mass is 79.9. The monoisotopic (exact) mass is 331 g/mol. The molecule has 3 heteroatoms. The molecule has 0 aliphatic heterocycles. The number of hydrogen-bond donors (Lipinski definition) is 1. The van der Waals surface area contributed by atoms with Crippen molar-refractivity contribution in [3.05, 3.63) is 70.2 Å². The minimum Gasteiger partial charge on any atom is -0.345 e. The van der Waals surface area contributed by atoms with Gasteiger partial charge in [-0.25, -0.2) is 0 Å².